The first-order valence-electron chi connectivity index (χ1n) is 7.16. The number of carbonyl (C=O) groups excluding carboxylic acids is 2. The highest BCUT2D eigenvalue weighted by Gasteiger charge is 2.04. The maximum absolute atomic E-state index is 11.7. The van der Waals surface area contributed by atoms with Crippen molar-refractivity contribution < 1.29 is 9.59 Å². The Morgan fingerprint density at radius 2 is 2.00 bits per heavy atom. The minimum atomic E-state index is -0.377. The number of hydrogen-bond acceptors (Lipinski definition) is 4. The highest BCUT2D eigenvalue weighted by molar-refractivity contribution is 7.10. The maximum Gasteiger partial charge on any atom is 0.262 e. The van der Waals surface area contributed by atoms with Gasteiger partial charge in [-0.3, -0.25) is 20.4 Å². The van der Waals surface area contributed by atoms with Gasteiger partial charge in [-0.1, -0.05) is 23.8 Å². The van der Waals surface area contributed by atoms with Gasteiger partial charge in [-0.25, -0.2) is 0 Å². The van der Waals surface area contributed by atoms with Crippen molar-refractivity contribution >= 4 is 34.9 Å². The molecule has 1 aromatic carbocycles. The van der Waals surface area contributed by atoms with Gasteiger partial charge in [0.2, 0.25) is 0 Å². The second kappa shape index (κ2) is 8.14. The van der Waals surface area contributed by atoms with Crippen molar-refractivity contribution in [2.45, 2.75) is 13.8 Å². The summed E-state index contributed by atoms with van der Waals surface area (Å²) < 4.78 is 0. The summed E-state index contributed by atoms with van der Waals surface area (Å²) in [6, 6.07) is 9.76. The molecule has 0 aliphatic heterocycles. The Morgan fingerprint density at radius 1 is 1.17 bits per heavy atom. The lowest BCUT2D eigenvalue weighted by Crippen LogP contribution is -2.43. The molecule has 0 bridgehead atoms. The minimum absolute atomic E-state index is 0.0822. The van der Waals surface area contributed by atoms with Gasteiger partial charge in [0.05, 0.1) is 6.54 Å². The van der Waals surface area contributed by atoms with Crippen LogP contribution in [0.2, 0.25) is 0 Å². The fraction of sp³-hybridized carbons (Fsp3) is 0.176. The number of anilines is 1. The first-order chi connectivity index (χ1) is 11.0. The van der Waals surface area contributed by atoms with E-state index in [2.05, 4.69) is 16.2 Å². The number of hydrogen-bond donors (Lipinski definition) is 3. The van der Waals surface area contributed by atoms with Gasteiger partial charge in [-0.2, -0.15) is 0 Å². The van der Waals surface area contributed by atoms with Crippen LogP contribution in [0.3, 0.4) is 0 Å². The van der Waals surface area contributed by atoms with Crippen molar-refractivity contribution in [1.82, 2.24) is 10.9 Å². The van der Waals surface area contributed by atoms with E-state index in [1.807, 2.05) is 49.6 Å². The molecular weight excluding hydrogens is 310 g/mol. The van der Waals surface area contributed by atoms with E-state index in [0.717, 1.165) is 16.1 Å². The summed E-state index contributed by atoms with van der Waals surface area (Å²) in [6.07, 6.45) is 3.07. The fourth-order valence-corrected chi connectivity index (χ4v) is 2.57. The molecule has 0 aliphatic rings. The lowest BCUT2D eigenvalue weighted by Gasteiger charge is -2.10. The fourth-order valence-electron chi connectivity index (χ4n) is 1.95. The van der Waals surface area contributed by atoms with Gasteiger partial charge < -0.3 is 5.32 Å². The molecule has 23 heavy (non-hydrogen) atoms. The van der Waals surface area contributed by atoms with Gasteiger partial charge >= 0.3 is 0 Å². The van der Waals surface area contributed by atoms with Crippen LogP contribution in [-0.2, 0) is 9.59 Å². The van der Waals surface area contributed by atoms with Crippen LogP contribution in [0.15, 0.2) is 41.8 Å². The van der Waals surface area contributed by atoms with E-state index in [-0.39, 0.29) is 18.4 Å². The van der Waals surface area contributed by atoms with Crippen molar-refractivity contribution in [3.05, 3.63) is 57.8 Å². The lowest BCUT2D eigenvalue weighted by molar-refractivity contribution is -0.125. The summed E-state index contributed by atoms with van der Waals surface area (Å²) in [6.45, 7) is 4.08. The molecule has 2 rings (SSSR count). The third-order valence-corrected chi connectivity index (χ3v) is 3.93. The zero-order chi connectivity index (χ0) is 16.7. The summed E-state index contributed by atoms with van der Waals surface area (Å²) in [5.74, 6) is -0.693. The van der Waals surface area contributed by atoms with Crippen LogP contribution in [0.1, 0.15) is 16.0 Å². The molecule has 6 heteroatoms. The molecule has 5 nitrogen and oxygen atoms in total. The Hall–Kier alpha value is -2.60. The molecule has 2 amide bonds. The molecule has 1 heterocycles. The molecule has 0 fully saturated rings. The molecule has 3 N–H and O–H groups in total. The molecular formula is C17H19N3O2S. The number of thiophene rings is 1. The molecule has 2 aromatic rings. The Balaban J connectivity index is 1.73. The predicted molar refractivity (Wildman–Crippen MR) is 94.0 cm³/mol. The molecule has 120 valence electrons. The largest absolute Gasteiger partial charge is 0.376 e. The van der Waals surface area contributed by atoms with Crippen molar-refractivity contribution in [3.63, 3.8) is 0 Å². The van der Waals surface area contributed by atoms with Crippen LogP contribution in [0.4, 0.5) is 5.69 Å². The number of benzene rings is 1. The SMILES string of the molecule is Cc1ccc(NCC(=O)NNC(=O)/C=C/c2cccs2)c(C)c1. The normalized spacial score (nSPS) is 10.5. The summed E-state index contributed by atoms with van der Waals surface area (Å²) in [5, 5.41) is 4.97. The first kappa shape index (κ1) is 16.8. The van der Waals surface area contributed by atoms with E-state index in [4.69, 9.17) is 0 Å². The maximum atomic E-state index is 11.7. The van der Waals surface area contributed by atoms with E-state index in [9.17, 15) is 9.59 Å². The zero-order valence-corrected chi connectivity index (χ0v) is 13.9. The molecule has 0 unspecified atom stereocenters. The van der Waals surface area contributed by atoms with Gasteiger partial charge in [0.1, 0.15) is 0 Å². The molecule has 0 atom stereocenters. The van der Waals surface area contributed by atoms with Crippen LogP contribution in [0.5, 0.6) is 0 Å². The van der Waals surface area contributed by atoms with E-state index >= 15 is 0 Å². The van der Waals surface area contributed by atoms with Crippen molar-refractivity contribution in [2.24, 2.45) is 0 Å². The Morgan fingerprint density at radius 3 is 2.70 bits per heavy atom. The average Bonchev–Trinajstić information content (AvgIpc) is 3.03. The Labute approximate surface area is 139 Å². The number of amides is 2. The number of hydrazine groups is 1. The Kier molecular flexibility index (Phi) is 5.94. The highest BCUT2D eigenvalue weighted by Crippen LogP contribution is 2.15. The predicted octanol–water partition coefficient (Wildman–Crippen LogP) is 2.64. The summed E-state index contributed by atoms with van der Waals surface area (Å²) in [7, 11) is 0. The van der Waals surface area contributed by atoms with Gasteiger partial charge in [0, 0.05) is 16.6 Å². The number of aryl methyl sites for hydroxylation is 2. The van der Waals surface area contributed by atoms with Gasteiger partial charge in [-0.05, 0) is 43.0 Å². The summed E-state index contributed by atoms with van der Waals surface area (Å²) in [5.41, 5.74) is 7.85. The smallest absolute Gasteiger partial charge is 0.262 e. The molecule has 0 aliphatic carbocycles. The lowest BCUT2D eigenvalue weighted by atomic mass is 10.1. The van der Waals surface area contributed by atoms with Crippen molar-refractivity contribution in [1.29, 1.82) is 0 Å². The monoisotopic (exact) mass is 329 g/mol. The summed E-state index contributed by atoms with van der Waals surface area (Å²) >= 11 is 1.53. The van der Waals surface area contributed by atoms with Crippen LogP contribution in [0.25, 0.3) is 6.08 Å². The van der Waals surface area contributed by atoms with Crippen LogP contribution < -0.4 is 16.2 Å². The molecule has 1 aromatic heterocycles. The topological polar surface area (TPSA) is 70.2 Å². The van der Waals surface area contributed by atoms with E-state index in [0.29, 0.717) is 0 Å². The van der Waals surface area contributed by atoms with Gasteiger partial charge in [-0.15, -0.1) is 11.3 Å². The standard InChI is InChI=1S/C17H19N3O2S/c1-12-5-7-15(13(2)10-12)18-11-17(22)20-19-16(21)8-6-14-4-3-9-23-14/h3-10,18H,11H2,1-2H3,(H,19,21)(H,20,22)/b8-6+. The van der Waals surface area contributed by atoms with Crippen LogP contribution in [0, 0.1) is 13.8 Å². The number of nitrogens with one attached hydrogen (secondary N) is 3. The summed E-state index contributed by atoms with van der Waals surface area (Å²) in [4.78, 5) is 24.3. The minimum Gasteiger partial charge on any atom is -0.376 e. The molecule has 0 saturated carbocycles. The second-order valence-electron chi connectivity index (χ2n) is 5.06. The zero-order valence-electron chi connectivity index (χ0n) is 13.1. The van der Waals surface area contributed by atoms with Crippen molar-refractivity contribution in [2.75, 3.05) is 11.9 Å². The number of carbonyl (C=O) groups is 2. The third kappa shape index (κ3) is 5.60. The highest BCUT2D eigenvalue weighted by atomic mass is 32.1. The van der Waals surface area contributed by atoms with Crippen LogP contribution >= 0.6 is 11.3 Å². The molecule has 0 radical (unpaired) electrons. The third-order valence-electron chi connectivity index (χ3n) is 3.09. The number of rotatable bonds is 5. The van der Waals surface area contributed by atoms with Gasteiger partial charge in [0.15, 0.2) is 0 Å². The quantitative estimate of drug-likeness (QED) is 0.583. The molecule has 0 spiro atoms. The molecule has 0 saturated heterocycles. The van der Waals surface area contributed by atoms with E-state index in [1.54, 1.807) is 6.08 Å². The van der Waals surface area contributed by atoms with Crippen LogP contribution in [-0.4, -0.2) is 18.4 Å². The second-order valence-corrected chi connectivity index (χ2v) is 6.04. The van der Waals surface area contributed by atoms with E-state index in [1.165, 1.54) is 23.0 Å². The Bertz CT molecular complexity index is 709. The van der Waals surface area contributed by atoms with Gasteiger partial charge in [0.25, 0.3) is 11.8 Å². The van der Waals surface area contributed by atoms with Crippen molar-refractivity contribution in [3.8, 4) is 0 Å². The van der Waals surface area contributed by atoms with E-state index < -0.39 is 0 Å². The average molecular weight is 329 g/mol. The first-order valence-corrected chi connectivity index (χ1v) is 8.04.